The van der Waals surface area contributed by atoms with Gasteiger partial charge >= 0.3 is 0 Å². The predicted molar refractivity (Wildman–Crippen MR) is 72.8 cm³/mol. The Morgan fingerprint density at radius 2 is 2.40 bits per heavy atom. The molecule has 0 aliphatic carbocycles. The monoisotopic (exact) mass is 301 g/mol. The number of amidine groups is 1. The molecule has 1 atom stereocenters. The predicted octanol–water partition coefficient (Wildman–Crippen LogP) is 0.0501. The fourth-order valence-corrected chi connectivity index (χ4v) is 3.72. The Bertz CT molecular complexity index is 595. The van der Waals surface area contributed by atoms with Gasteiger partial charge in [0.2, 0.25) is 0 Å². The van der Waals surface area contributed by atoms with Crippen LogP contribution in [0.4, 0.5) is 0 Å². The van der Waals surface area contributed by atoms with Crippen molar-refractivity contribution in [2.24, 2.45) is 16.8 Å². The van der Waals surface area contributed by atoms with Gasteiger partial charge in [0.1, 0.15) is 5.84 Å². The highest BCUT2D eigenvalue weighted by Gasteiger charge is 2.33. The first-order valence-electron chi connectivity index (χ1n) is 6.48. The number of rotatable bonds is 4. The number of oxime groups is 1. The largest absolute Gasteiger partial charge is 0.409 e. The van der Waals surface area contributed by atoms with Gasteiger partial charge < -0.3 is 15.5 Å². The minimum absolute atomic E-state index is 0.0412. The van der Waals surface area contributed by atoms with Crippen molar-refractivity contribution in [1.29, 1.82) is 0 Å². The Labute approximate surface area is 117 Å². The van der Waals surface area contributed by atoms with Gasteiger partial charge in [-0.05, 0) is 19.8 Å². The van der Waals surface area contributed by atoms with Crippen molar-refractivity contribution >= 4 is 15.9 Å². The van der Waals surface area contributed by atoms with Gasteiger partial charge in [-0.25, -0.2) is 13.4 Å². The van der Waals surface area contributed by atoms with Crippen LogP contribution in [0.2, 0.25) is 0 Å². The van der Waals surface area contributed by atoms with Crippen molar-refractivity contribution in [1.82, 2.24) is 13.9 Å². The van der Waals surface area contributed by atoms with Gasteiger partial charge in [-0.1, -0.05) is 5.16 Å². The van der Waals surface area contributed by atoms with Crippen LogP contribution in [0.3, 0.4) is 0 Å². The van der Waals surface area contributed by atoms with Crippen LogP contribution >= 0.6 is 0 Å². The molecule has 1 unspecified atom stereocenters. The third kappa shape index (κ3) is 2.78. The lowest BCUT2D eigenvalue weighted by Gasteiger charge is -2.30. The fraction of sp³-hybridized carbons (Fsp3) is 0.636. The first-order chi connectivity index (χ1) is 9.48. The van der Waals surface area contributed by atoms with E-state index in [0.717, 1.165) is 0 Å². The fourth-order valence-electron chi connectivity index (χ4n) is 2.26. The molecule has 2 rings (SSSR count). The van der Waals surface area contributed by atoms with Gasteiger partial charge in [0.25, 0.3) is 10.0 Å². The standard InChI is InChI=1S/C11H19N5O3S/c1-2-15-7-10(13-8-15)20(18,19)16-5-3-4-9(6-16)11(12)14-17/h7-9,17H,2-6H2,1H3,(H2,12,14). The zero-order chi connectivity index (χ0) is 14.8. The van der Waals surface area contributed by atoms with E-state index < -0.39 is 10.0 Å². The molecule has 0 spiro atoms. The summed E-state index contributed by atoms with van der Waals surface area (Å²) in [5, 5.41) is 11.7. The minimum Gasteiger partial charge on any atom is -0.409 e. The van der Waals surface area contributed by atoms with Crippen molar-refractivity contribution in [2.75, 3.05) is 13.1 Å². The third-order valence-corrected chi connectivity index (χ3v) is 5.25. The molecule has 1 aliphatic heterocycles. The summed E-state index contributed by atoms with van der Waals surface area (Å²) in [4.78, 5) is 3.95. The van der Waals surface area contributed by atoms with Crippen molar-refractivity contribution in [3.05, 3.63) is 12.5 Å². The van der Waals surface area contributed by atoms with E-state index in [4.69, 9.17) is 10.9 Å². The Kier molecular flexibility index (Phi) is 4.29. The number of nitrogens with zero attached hydrogens (tertiary/aromatic N) is 4. The summed E-state index contributed by atoms with van der Waals surface area (Å²) in [6.45, 7) is 3.22. The van der Waals surface area contributed by atoms with E-state index in [1.807, 2.05) is 6.92 Å². The number of hydrogen-bond acceptors (Lipinski definition) is 5. The number of piperidine rings is 1. The summed E-state index contributed by atoms with van der Waals surface area (Å²) in [6.07, 6.45) is 4.40. The summed E-state index contributed by atoms with van der Waals surface area (Å²) in [7, 11) is -3.62. The molecule has 8 nitrogen and oxygen atoms in total. The Balaban J connectivity index is 2.21. The van der Waals surface area contributed by atoms with Gasteiger partial charge in [0.15, 0.2) is 5.03 Å². The molecular formula is C11H19N5O3S. The van der Waals surface area contributed by atoms with Crippen molar-refractivity contribution in [3.63, 3.8) is 0 Å². The molecule has 0 amide bonds. The number of nitrogens with two attached hydrogens (primary N) is 1. The Hall–Kier alpha value is -1.61. The van der Waals surface area contributed by atoms with Crippen LogP contribution in [0.15, 0.2) is 22.7 Å². The molecule has 1 saturated heterocycles. The zero-order valence-electron chi connectivity index (χ0n) is 11.3. The molecular weight excluding hydrogens is 282 g/mol. The van der Waals surface area contributed by atoms with Gasteiger partial charge in [-0.15, -0.1) is 0 Å². The SMILES string of the molecule is CCn1cnc(S(=O)(=O)N2CCCC(C(N)=NO)C2)c1. The first kappa shape index (κ1) is 14.8. The maximum atomic E-state index is 12.5. The van der Waals surface area contributed by atoms with Crippen LogP contribution < -0.4 is 5.73 Å². The van der Waals surface area contributed by atoms with Crippen molar-refractivity contribution in [2.45, 2.75) is 31.3 Å². The molecule has 112 valence electrons. The molecule has 2 heterocycles. The van der Waals surface area contributed by atoms with E-state index in [1.54, 1.807) is 4.57 Å². The molecule has 0 radical (unpaired) electrons. The molecule has 1 aromatic rings. The second-order valence-electron chi connectivity index (χ2n) is 4.77. The first-order valence-corrected chi connectivity index (χ1v) is 7.92. The van der Waals surface area contributed by atoms with Gasteiger partial charge in [0, 0.05) is 31.7 Å². The Morgan fingerprint density at radius 1 is 1.65 bits per heavy atom. The van der Waals surface area contributed by atoms with E-state index in [9.17, 15) is 8.42 Å². The highest BCUT2D eigenvalue weighted by atomic mass is 32.2. The highest BCUT2D eigenvalue weighted by Crippen LogP contribution is 2.23. The average Bonchev–Trinajstić information content (AvgIpc) is 2.96. The lowest BCUT2D eigenvalue weighted by molar-refractivity contribution is 0.287. The van der Waals surface area contributed by atoms with Gasteiger partial charge in [-0.2, -0.15) is 4.31 Å². The molecule has 20 heavy (non-hydrogen) atoms. The lowest BCUT2D eigenvalue weighted by atomic mass is 9.99. The zero-order valence-corrected chi connectivity index (χ0v) is 12.1. The third-order valence-electron chi connectivity index (χ3n) is 3.50. The molecule has 1 aliphatic rings. The van der Waals surface area contributed by atoms with Crippen molar-refractivity contribution < 1.29 is 13.6 Å². The van der Waals surface area contributed by atoms with Crippen LogP contribution in [0.25, 0.3) is 0 Å². The highest BCUT2D eigenvalue weighted by molar-refractivity contribution is 7.89. The van der Waals surface area contributed by atoms with Crippen LogP contribution in [0.5, 0.6) is 0 Å². The number of hydrogen-bond donors (Lipinski definition) is 2. The van der Waals surface area contributed by atoms with E-state index in [1.165, 1.54) is 16.8 Å². The van der Waals surface area contributed by atoms with E-state index in [0.29, 0.717) is 25.9 Å². The van der Waals surface area contributed by atoms with Crippen LogP contribution in [0.1, 0.15) is 19.8 Å². The normalized spacial score (nSPS) is 22.1. The topological polar surface area (TPSA) is 114 Å². The van der Waals surface area contributed by atoms with Crippen LogP contribution in [0, 0.1) is 5.92 Å². The van der Waals surface area contributed by atoms with E-state index in [2.05, 4.69) is 10.1 Å². The lowest BCUT2D eigenvalue weighted by Crippen LogP contribution is -2.44. The Morgan fingerprint density at radius 3 is 3.00 bits per heavy atom. The molecule has 3 N–H and O–H groups in total. The number of aromatic nitrogens is 2. The quantitative estimate of drug-likeness (QED) is 0.353. The number of aryl methyl sites for hydroxylation is 1. The molecule has 1 aromatic heterocycles. The minimum atomic E-state index is -3.62. The second-order valence-corrected chi connectivity index (χ2v) is 6.65. The van der Waals surface area contributed by atoms with E-state index in [-0.39, 0.29) is 23.3 Å². The van der Waals surface area contributed by atoms with Gasteiger partial charge in [-0.3, -0.25) is 0 Å². The second kappa shape index (κ2) is 5.80. The summed E-state index contributed by atoms with van der Waals surface area (Å²) in [5.41, 5.74) is 5.58. The summed E-state index contributed by atoms with van der Waals surface area (Å²) in [5.74, 6) is -0.180. The molecule has 1 fully saturated rings. The van der Waals surface area contributed by atoms with Crippen molar-refractivity contribution in [3.8, 4) is 0 Å². The molecule has 0 saturated carbocycles. The molecule has 0 bridgehead atoms. The summed E-state index contributed by atoms with van der Waals surface area (Å²) >= 11 is 0. The van der Waals surface area contributed by atoms with Crippen LogP contribution in [-0.2, 0) is 16.6 Å². The maximum Gasteiger partial charge on any atom is 0.262 e. The number of imidazole rings is 1. The summed E-state index contributed by atoms with van der Waals surface area (Å²) < 4.78 is 28.0. The molecule has 0 aromatic carbocycles. The van der Waals surface area contributed by atoms with Crippen LogP contribution in [-0.4, -0.2) is 46.4 Å². The maximum absolute atomic E-state index is 12.5. The smallest absolute Gasteiger partial charge is 0.262 e. The molecule has 9 heteroatoms. The van der Waals surface area contributed by atoms with E-state index >= 15 is 0 Å². The average molecular weight is 301 g/mol. The number of sulfonamides is 1. The van der Waals surface area contributed by atoms with Gasteiger partial charge in [0.05, 0.1) is 6.33 Å². The summed E-state index contributed by atoms with van der Waals surface area (Å²) in [6, 6.07) is 0.